The molecule has 2 aromatic heterocycles. The van der Waals surface area contributed by atoms with Gasteiger partial charge in [0.05, 0.1) is 11.7 Å². The number of anilines is 2. The van der Waals surface area contributed by atoms with Crippen LogP contribution >= 0.6 is 0 Å². The quantitative estimate of drug-likeness (QED) is 0.189. The molecule has 4 saturated heterocycles. The molecule has 1 amide bonds. The predicted molar refractivity (Wildman–Crippen MR) is 204 cm³/mol. The minimum Gasteiger partial charge on any atom is -0.481 e. The predicted octanol–water partition coefficient (Wildman–Crippen LogP) is 7.23. The maximum absolute atomic E-state index is 14.1. The molecule has 13 heteroatoms. The number of hydrogen-bond donors (Lipinski definition) is 1. The third-order valence-corrected chi connectivity index (χ3v) is 12.8. The zero-order valence-corrected chi connectivity index (χ0v) is 31.2. The second kappa shape index (κ2) is 13.4. The van der Waals surface area contributed by atoms with Crippen molar-refractivity contribution >= 4 is 39.5 Å². The van der Waals surface area contributed by atoms with E-state index < -0.39 is 12.8 Å². The van der Waals surface area contributed by atoms with E-state index in [2.05, 4.69) is 44.5 Å². The van der Waals surface area contributed by atoms with Gasteiger partial charge in [0.2, 0.25) is 11.9 Å². The van der Waals surface area contributed by atoms with Gasteiger partial charge in [-0.3, -0.25) is 14.8 Å². The summed E-state index contributed by atoms with van der Waals surface area (Å²) < 4.78 is 48.5. The van der Waals surface area contributed by atoms with Crippen molar-refractivity contribution < 1.29 is 22.7 Å². The van der Waals surface area contributed by atoms with Crippen LogP contribution in [0, 0.1) is 18.3 Å². The lowest BCUT2D eigenvalue weighted by Crippen LogP contribution is -2.61. The monoisotopic (exact) mass is 742 g/mol. The maximum Gasteiger partial charge on any atom is 0.422 e. The van der Waals surface area contributed by atoms with Crippen LogP contribution in [0.2, 0.25) is 0 Å². The van der Waals surface area contributed by atoms with Gasteiger partial charge in [-0.25, -0.2) is 4.98 Å². The second-order valence-corrected chi connectivity index (χ2v) is 16.7. The van der Waals surface area contributed by atoms with Gasteiger partial charge in [-0.2, -0.15) is 23.3 Å². The molecule has 5 aliphatic rings. The number of nitrogens with zero attached hydrogens (tertiary/aromatic N) is 7. The molecule has 1 aliphatic carbocycles. The number of carbonyl (C=O) groups excluding carboxylic acids is 1. The highest BCUT2D eigenvalue weighted by molar-refractivity contribution is 6.06. The van der Waals surface area contributed by atoms with Crippen molar-refractivity contribution in [1.82, 2.24) is 30.0 Å². The summed E-state index contributed by atoms with van der Waals surface area (Å²) in [6.07, 6.45) is 5.46. The van der Waals surface area contributed by atoms with E-state index in [4.69, 9.17) is 14.7 Å². The molecule has 0 bridgehead atoms. The minimum atomic E-state index is -4.55. The van der Waals surface area contributed by atoms with Crippen molar-refractivity contribution in [2.75, 3.05) is 68.8 Å². The van der Waals surface area contributed by atoms with Crippen LogP contribution in [-0.4, -0.2) is 107 Å². The van der Waals surface area contributed by atoms with Gasteiger partial charge in [0.25, 0.3) is 0 Å². The number of amides is 1. The highest BCUT2D eigenvalue weighted by Gasteiger charge is 2.47. The third-order valence-electron chi connectivity index (χ3n) is 12.8. The lowest BCUT2D eigenvalue weighted by Gasteiger charge is -2.54. The number of hydrogen-bond acceptors (Lipinski definition) is 8. The number of H-pyrrole nitrogens is 1. The van der Waals surface area contributed by atoms with Crippen molar-refractivity contribution in [3.8, 4) is 16.9 Å². The Kier molecular flexibility index (Phi) is 8.78. The summed E-state index contributed by atoms with van der Waals surface area (Å²) in [4.78, 5) is 31.8. The number of aryl methyl sites for hydroxylation is 1. The standard InChI is InChI=1S/C41H49F3N8O2/c1-4-33(53)52-22-40(23-52)12-17-49(18-13-40)38-30-19-29(27-6-7-27)35(34-26(3)5-8-32-31(34)20-45-48-32)37(54-24-41(42,43)44)36(30)46-39(47-38)50-15-10-28(11-16-50)51-14-9-25(2)21-51/h4-5,8,19-20,25,27-28H,1,6-7,9-18,21-24H2,2-3H3,(H,45,48). The van der Waals surface area contributed by atoms with E-state index in [0.29, 0.717) is 29.0 Å². The van der Waals surface area contributed by atoms with Gasteiger partial charge >= 0.3 is 6.18 Å². The Morgan fingerprint density at radius 3 is 2.43 bits per heavy atom. The van der Waals surface area contributed by atoms with E-state index in [0.717, 1.165) is 130 Å². The molecule has 4 aromatic rings. The van der Waals surface area contributed by atoms with Gasteiger partial charge in [0.1, 0.15) is 11.3 Å². The summed E-state index contributed by atoms with van der Waals surface area (Å²) in [5, 5.41) is 8.93. The Morgan fingerprint density at radius 2 is 1.76 bits per heavy atom. The Balaban J connectivity index is 1.17. The average Bonchev–Trinajstić information content (AvgIpc) is 3.73. The molecule has 1 N–H and O–H groups in total. The third kappa shape index (κ3) is 6.45. The number of piperidine rings is 2. The fourth-order valence-electron chi connectivity index (χ4n) is 9.63. The van der Waals surface area contributed by atoms with Crippen LogP contribution in [0.5, 0.6) is 5.75 Å². The van der Waals surface area contributed by atoms with E-state index in [9.17, 15) is 18.0 Å². The molecular formula is C41H49F3N8O2. The van der Waals surface area contributed by atoms with Crippen LogP contribution in [0.4, 0.5) is 24.9 Å². The van der Waals surface area contributed by atoms with Crippen molar-refractivity contribution in [2.45, 2.75) is 76.9 Å². The van der Waals surface area contributed by atoms with Gasteiger partial charge in [-0.05, 0) is 105 Å². The molecule has 54 heavy (non-hydrogen) atoms. The molecule has 6 heterocycles. The Hall–Kier alpha value is -4.39. The first-order valence-electron chi connectivity index (χ1n) is 19.7. The van der Waals surface area contributed by atoms with E-state index in [1.165, 1.54) is 12.5 Å². The summed E-state index contributed by atoms with van der Waals surface area (Å²) >= 11 is 0. The number of halogens is 3. The average molecular weight is 743 g/mol. The van der Waals surface area contributed by atoms with Crippen molar-refractivity contribution in [3.63, 3.8) is 0 Å². The van der Waals surface area contributed by atoms with E-state index in [1.807, 2.05) is 24.0 Å². The summed E-state index contributed by atoms with van der Waals surface area (Å²) in [5.41, 5.74) is 4.69. The molecule has 1 saturated carbocycles. The largest absolute Gasteiger partial charge is 0.481 e. The number of likely N-dealkylation sites (tertiary alicyclic amines) is 2. The van der Waals surface area contributed by atoms with Gasteiger partial charge in [0, 0.05) is 73.6 Å². The van der Waals surface area contributed by atoms with Crippen molar-refractivity contribution in [2.24, 2.45) is 11.3 Å². The van der Waals surface area contributed by atoms with Crippen LogP contribution in [0.1, 0.15) is 68.9 Å². The molecule has 1 spiro atoms. The SMILES string of the molecule is C=CC(=O)N1CC2(CCN(c3nc(N4CCC(N5CCC(C)C5)CC4)nc4c(OCC(F)(F)F)c(-c5c(C)ccc6[nH]ncc56)c(C5CC5)cc34)CC2)C1. The minimum absolute atomic E-state index is 0.0337. The fraction of sp³-hybridized carbons (Fsp3) is 0.561. The number of fused-ring (bicyclic) bond motifs is 2. The first kappa shape index (κ1) is 35.3. The molecule has 9 rings (SSSR count). The first-order valence-corrected chi connectivity index (χ1v) is 19.7. The van der Waals surface area contributed by atoms with E-state index in [-0.39, 0.29) is 23.0 Å². The zero-order chi connectivity index (χ0) is 37.4. The Bertz CT molecular complexity index is 2090. The summed E-state index contributed by atoms with van der Waals surface area (Å²) in [6, 6.07) is 6.60. The summed E-state index contributed by atoms with van der Waals surface area (Å²) in [7, 11) is 0. The smallest absolute Gasteiger partial charge is 0.422 e. The van der Waals surface area contributed by atoms with Crippen LogP contribution in [0.15, 0.2) is 37.1 Å². The number of rotatable bonds is 8. The number of alkyl halides is 3. The molecule has 1 atom stereocenters. The lowest BCUT2D eigenvalue weighted by molar-refractivity contribution is -0.153. The number of aromatic amines is 1. The summed E-state index contributed by atoms with van der Waals surface area (Å²) in [6.45, 7) is 13.2. The molecule has 4 aliphatic heterocycles. The number of nitrogens with one attached hydrogen (secondary N) is 1. The molecular weight excluding hydrogens is 693 g/mol. The van der Waals surface area contributed by atoms with Crippen molar-refractivity contribution in [3.05, 3.63) is 48.2 Å². The van der Waals surface area contributed by atoms with Crippen molar-refractivity contribution in [1.29, 1.82) is 0 Å². The van der Waals surface area contributed by atoms with Gasteiger partial charge < -0.3 is 19.4 Å². The van der Waals surface area contributed by atoms with Gasteiger partial charge in [0.15, 0.2) is 12.4 Å². The van der Waals surface area contributed by atoms with Crippen LogP contribution in [0.25, 0.3) is 32.9 Å². The molecule has 1 unspecified atom stereocenters. The van der Waals surface area contributed by atoms with Crippen LogP contribution in [-0.2, 0) is 4.79 Å². The van der Waals surface area contributed by atoms with Gasteiger partial charge in [-0.1, -0.05) is 19.6 Å². The fourth-order valence-corrected chi connectivity index (χ4v) is 9.63. The number of ether oxygens (including phenoxy) is 1. The highest BCUT2D eigenvalue weighted by atomic mass is 19.4. The van der Waals surface area contributed by atoms with Crippen LogP contribution < -0.4 is 14.5 Å². The Morgan fingerprint density at radius 1 is 1.00 bits per heavy atom. The van der Waals surface area contributed by atoms with E-state index in [1.54, 1.807) is 6.20 Å². The maximum atomic E-state index is 14.1. The molecule has 10 nitrogen and oxygen atoms in total. The lowest BCUT2D eigenvalue weighted by atomic mass is 9.72. The normalized spacial score (nSPS) is 22.4. The zero-order valence-electron chi connectivity index (χ0n) is 31.2. The molecule has 2 aromatic carbocycles. The highest BCUT2D eigenvalue weighted by Crippen LogP contribution is 2.53. The topological polar surface area (TPSA) is 93.7 Å². The second-order valence-electron chi connectivity index (χ2n) is 16.7. The summed E-state index contributed by atoms with van der Waals surface area (Å²) in [5.74, 6) is 2.32. The first-order chi connectivity index (χ1) is 26.0. The number of aromatic nitrogens is 4. The molecule has 5 fully saturated rings. The number of benzene rings is 2. The molecule has 0 radical (unpaired) electrons. The number of carbonyl (C=O) groups is 1. The van der Waals surface area contributed by atoms with E-state index >= 15 is 0 Å². The Labute approximate surface area is 313 Å². The molecule has 286 valence electrons. The van der Waals surface area contributed by atoms with Gasteiger partial charge in [-0.15, -0.1) is 0 Å². The van der Waals surface area contributed by atoms with Crippen LogP contribution in [0.3, 0.4) is 0 Å².